The Morgan fingerprint density at radius 3 is 2.48 bits per heavy atom. The lowest BCUT2D eigenvalue weighted by Crippen LogP contribution is -2.13. The van der Waals surface area contributed by atoms with Crippen LogP contribution in [0.25, 0.3) is 11.3 Å². The third-order valence-electron chi connectivity index (χ3n) is 3.72. The molecule has 0 bridgehead atoms. The van der Waals surface area contributed by atoms with Crippen molar-refractivity contribution >= 4 is 5.78 Å². The number of benzene rings is 1. The van der Waals surface area contributed by atoms with Crippen molar-refractivity contribution in [2.24, 2.45) is 0 Å². The first kappa shape index (κ1) is 16.5. The number of hydrogen-bond acceptors (Lipinski definition) is 4. The summed E-state index contributed by atoms with van der Waals surface area (Å²) < 4.78 is 1.62. The van der Waals surface area contributed by atoms with E-state index in [0.717, 1.165) is 11.1 Å². The van der Waals surface area contributed by atoms with Crippen LogP contribution in [0.4, 0.5) is 0 Å². The standard InChI is InChI=1S/C18H18N4O/c1-5-16(23)18-15(10-20)17(21-22(18)11(2)3)13-6-7-14(9-19)12(4)8-13/h6-8,11H,5H2,1-4H3. The minimum atomic E-state index is -0.0978. The molecule has 0 saturated carbocycles. The maximum atomic E-state index is 12.3. The third-order valence-corrected chi connectivity index (χ3v) is 3.72. The number of nitrogens with zero attached hydrogens (tertiary/aromatic N) is 4. The highest BCUT2D eigenvalue weighted by Crippen LogP contribution is 2.29. The maximum absolute atomic E-state index is 12.3. The zero-order valence-corrected chi connectivity index (χ0v) is 13.7. The first-order valence-corrected chi connectivity index (χ1v) is 7.51. The molecule has 2 rings (SSSR count). The van der Waals surface area contributed by atoms with E-state index in [2.05, 4.69) is 17.2 Å². The molecule has 0 spiro atoms. The van der Waals surface area contributed by atoms with Crippen LogP contribution < -0.4 is 0 Å². The van der Waals surface area contributed by atoms with Crippen LogP contribution in [0.1, 0.15) is 60.4 Å². The summed E-state index contributed by atoms with van der Waals surface area (Å²) >= 11 is 0. The van der Waals surface area contributed by atoms with Crippen molar-refractivity contribution in [1.82, 2.24) is 9.78 Å². The van der Waals surface area contributed by atoms with E-state index in [9.17, 15) is 10.1 Å². The molecule has 0 aliphatic heterocycles. The molecule has 5 heteroatoms. The van der Waals surface area contributed by atoms with Gasteiger partial charge in [0.15, 0.2) is 5.78 Å². The molecule has 1 aromatic carbocycles. The highest BCUT2D eigenvalue weighted by Gasteiger charge is 2.24. The Labute approximate surface area is 135 Å². The average molecular weight is 306 g/mol. The molecular formula is C18H18N4O. The summed E-state index contributed by atoms with van der Waals surface area (Å²) in [6, 6.07) is 9.52. The molecule has 0 aliphatic carbocycles. The van der Waals surface area contributed by atoms with Gasteiger partial charge in [0.2, 0.25) is 0 Å². The molecule has 0 aliphatic rings. The van der Waals surface area contributed by atoms with Crippen LogP contribution in [0.5, 0.6) is 0 Å². The van der Waals surface area contributed by atoms with E-state index < -0.39 is 0 Å². The Morgan fingerprint density at radius 2 is 2.00 bits per heavy atom. The largest absolute Gasteiger partial charge is 0.292 e. The second-order valence-corrected chi connectivity index (χ2v) is 5.64. The normalized spacial score (nSPS) is 10.4. The van der Waals surface area contributed by atoms with Gasteiger partial charge in [-0.1, -0.05) is 13.0 Å². The zero-order chi connectivity index (χ0) is 17.1. The van der Waals surface area contributed by atoms with Gasteiger partial charge < -0.3 is 0 Å². The Hall–Kier alpha value is -2.92. The molecule has 2 aromatic rings. The molecule has 0 saturated heterocycles. The molecular weight excluding hydrogens is 288 g/mol. The Kier molecular flexibility index (Phi) is 4.62. The van der Waals surface area contributed by atoms with Gasteiger partial charge in [-0.3, -0.25) is 9.48 Å². The van der Waals surface area contributed by atoms with Crippen molar-refractivity contribution in [2.45, 2.75) is 40.2 Å². The topological polar surface area (TPSA) is 82.5 Å². The number of Topliss-reactive ketones (excluding diaryl/α,β-unsaturated/α-hetero) is 1. The van der Waals surface area contributed by atoms with Crippen molar-refractivity contribution in [2.75, 3.05) is 0 Å². The third kappa shape index (κ3) is 2.86. The van der Waals surface area contributed by atoms with Crippen LogP contribution in [0, 0.1) is 29.6 Å². The molecule has 0 amide bonds. The number of hydrogen-bond donors (Lipinski definition) is 0. The summed E-state index contributed by atoms with van der Waals surface area (Å²) in [5, 5.41) is 23.1. The zero-order valence-electron chi connectivity index (χ0n) is 13.7. The quantitative estimate of drug-likeness (QED) is 0.805. The molecule has 0 N–H and O–H groups in total. The first-order chi connectivity index (χ1) is 10.9. The van der Waals surface area contributed by atoms with E-state index >= 15 is 0 Å². The first-order valence-electron chi connectivity index (χ1n) is 7.51. The number of rotatable bonds is 4. The predicted octanol–water partition coefficient (Wildman–Crippen LogP) is 3.78. The van der Waals surface area contributed by atoms with Gasteiger partial charge >= 0.3 is 0 Å². The summed E-state index contributed by atoms with van der Waals surface area (Å²) in [7, 11) is 0. The lowest BCUT2D eigenvalue weighted by atomic mass is 10.00. The monoisotopic (exact) mass is 306 g/mol. The van der Waals surface area contributed by atoms with E-state index in [1.165, 1.54) is 0 Å². The van der Waals surface area contributed by atoms with Crippen LogP contribution in [-0.4, -0.2) is 15.6 Å². The summed E-state index contributed by atoms with van der Waals surface area (Å²) in [4.78, 5) is 12.3. The minimum Gasteiger partial charge on any atom is -0.292 e. The second-order valence-electron chi connectivity index (χ2n) is 5.64. The molecule has 1 aromatic heterocycles. The molecule has 1 heterocycles. The number of aromatic nitrogens is 2. The van der Waals surface area contributed by atoms with Crippen LogP contribution in [0.2, 0.25) is 0 Å². The van der Waals surface area contributed by atoms with E-state index in [0.29, 0.717) is 28.9 Å². The van der Waals surface area contributed by atoms with Gasteiger partial charge in [0, 0.05) is 18.0 Å². The van der Waals surface area contributed by atoms with Gasteiger partial charge in [0.1, 0.15) is 23.0 Å². The van der Waals surface area contributed by atoms with Gasteiger partial charge in [-0.2, -0.15) is 15.6 Å². The van der Waals surface area contributed by atoms with Gasteiger partial charge in [-0.25, -0.2) is 0 Å². The van der Waals surface area contributed by atoms with Gasteiger partial charge in [0.05, 0.1) is 11.6 Å². The van der Waals surface area contributed by atoms with Crippen molar-refractivity contribution < 1.29 is 4.79 Å². The van der Waals surface area contributed by atoms with Crippen molar-refractivity contribution in [3.8, 4) is 23.4 Å². The molecule has 116 valence electrons. The lowest BCUT2D eigenvalue weighted by Gasteiger charge is -2.09. The maximum Gasteiger partial charge on any atom is 0.181 e. The Morgan fingerprint density at radius 1 is 1.30 bits per heavy atom. The summed E-state index contributed by atoms with van der Waals surface area (Å²) in [6.07, 6.45) is 0.318. The number of nitriles is 2. The summed E-state index contributed by atoms with van der Waals surface area (Å²) in [6.45, 7) is 7.46. The number of aryl methyl sites for hydroxylation is 1. The molecule has 5 nitrogen and oxygen atoms in total. The Bertz CT molecular complexity index is 847. The molecule has 0 radical (unpaired) electrons. The van der Waals surface area contributed by atoms with Gasteiger partial charge in [0.25, 0.3) is 0 Å². The summed E-state index contributed by atoms with van der Waals surface area (Å²) in [5.41, 5.74) is 3.29. The minimum absolute atomic E-state index is 0.0270. The number of ketones is 1. The summed E-state index contributed by atoms with van der Waals surface area (Å²) in [5.74, 6) is -0.0978. The van der Waals surface area contributed by atoms with Crippen molar-refractivity contribution in [3.05, 3.63) is 40.6 Å². The molecule has 23 heavy (non-hydrogen) atoms. The van der Waals surface area contributed by atoms with E-state index in [1.807, 2.05) is 26.8 Å². The fourth-order valence-electron chi connectivity index (χ4n) is 2.49. The fraction of sp³-hybridized carbons (Fsp3) is 0.333. The van der Waals surface area contributed by atoms with Crippen molar-refractivity contribution in [3.63, 3.8) is 0 Å². The lowest BCUT2D eigenvalue weighted by molar-refractivity contribution is 0.0975. The fourth-order valence-corrected chi connectivity index (χ4v) is 2.49. The second kappa shape index (κ2) is 6.46. The highest BCUT2D eigenvalue weighted by atomic mass is 16.1. The van der Waals surface area contributed by atoms with Crippen LogP contribution in [0.3, 0.4) is 0 Å². The van der Waals surface area contributed by atoms with Gasteiger partial charge in [-0.05, 0) is 38.5 Å². The molecule has 0 fully saturated rings. The highest BCUT2D eigenvalue weighted by molar-refractivity contribution is 5.98. The van der Waals surface area contributed by atoms with E-state index in [4.69, 9.17) is 5.26 Å². The SMILES string of the molecule is CCC(=O)c1c(C#N)c(-c2ccc(C#N)c(C)c2)nn1C(C)C. The average Bonchev–Trinajstić information content (AvgIpc) is 2.93. The molecule has 0 atom stereocenters. The Balaban J connectivity index is 2.74. The smallest absolute Gasteiger partial charge is 0.181 e. The van der Waals surface area contributed by atoms with Crippen LogP contribution >= 0.6 is 0 Å². The van der Waals surface area contributed by atoms with E-state index in [1.54, 1.807) is 23.7 Å². The number of carbonyl (C=O) groups excluding carboxylic acids is 1. The predicted molar refractivity (Wildman–Crippen MR) is 86.8 cm³/mol. The van der Waals surface area contributed by atoms with Crippen LogP contribution in [-0.2, 0) is 0 Å². The molecule has 0 unspecified atom stereocenters. The van der Waals surface area contributed by atoms with E-state index in [-0.39, 0.29) is 11.8 Å². The number of carbonyl (C=O) groups is 1. The van der Waals surface area contributed by atoms with Crippen molar-refractivity contribution in [1.29, 1.82) is 10.5 Å². The van der Waals surface area contributed by atoms with Gasteiger partial charge in [-0.15, -0.1) is 0 Å². The van der Waals surface area contributed by atoms with Crippen LogP contribution in [0.15, 0.2) is 18.2 Å².